The van der Waals surface area contributed by atoms with Crippen LogP contribution in [0, 0.1) is 0 Å². The molecule has 1 aromatic rings. The lowest BCUT2D eigenvalue weighted by atomic mass is 10.2. The standard InChI is InChI=1S/C18H33N3O2/c1-5-8-10-19(4)14-16-13-17(22)18(23)15-21(16)12-9-11-20(6-2)7-3/h13,15,23H,5-12,14H2,1-4H3. The number of rotatable bonds is 11. The van der Waals surface area contributed by atoms with Crippen LogP contribution in [0.2, 0.25) is 0 Å². The van der Waals surface area contributed by atoms with E-state index in [1.54, 1.807) is 12.3 Å². The molecule has 0 aromatic carbocycles. The first-order valence-corrected chi connectivity index (χ1v) is 8.85. The lowest BCUT2D eigenvalue weighted by Crippen LogP contribution is -2.26. The number of hydrogen-bond donors (Lipinski definition) is 1. The van der Waals surface area contributed by atoms with E-state index in [9.17, 15) is 9.90 Å². The monoisotopic (exact) mass is 323 g/mol. The largest absolute Gasteiger partial charge is 0.503 e. The number of aromatic hydroxyl groups is 1. The van der Waals surface area contributed by atoms with Crippen molar-refractivity contribution >= 4 is 0 Å². The summed E-state index contributed by atoms with van der Waals surface area (Å²) < 4.78 is 2.03. The van der Waals surface area contributed by atoms with Crippen LogP contribution in [0.3, 0.4) is 0 Å². The zero-order valence-corrected chi connectivity index (χ0v) is 15.2. The molecule has 0 aliphatic carbocycles. The van der Waals surface area contributed by atoms with Crippen molar-refractivity contribution in [1.82, 2.24) is 14.4 Å². The van der Waals surface area contributed by atoms with E-state index in [-0.39, 0.29) is 11.2 Å². The Balaban J connectivity index is 2.75. The summed E-state index contributed by atoms with van der Waals surface area (Å²) in [5.41, 5.74) is 0.690. The first-order valence-electron chi connectivity index (χ1n) is 8.85. The van der Waals surface area contributed by atoms with Crippen molar-refractivity contribution in [3.05, 3.63) is 28.2 Å². The molecule has 1 rings (SSSR count). The van der Waals surface area contributed by atoms with Gasteiger partial charge in [-0.2, -0.15) is 0 Å². The average Bonchev–Trinajstić information content (AvgIpc) is 2.54. The van der Waals surface area contributed by atoms with Crippen molar-refractivity contribution < 1.29 is 5.11 Å². The van der Waals surface area contributed by atoms with Crippen LogP contribution in [-0.2, 0) is 13.1 Å². The van der Waals surface area contributed by atoms with E-state index >= 15 is 0 Å². The molecule has 0 bridgehead atoms. The van der Waals surface area contributed by atoms with Gasteiger partial charge in [0.1, 0.15) is 0 Å². The van der Waals surface area contributed by atoms with Crippen LogP contribution in [0.4, 0.5) is 0 Å². The van der Waals surface area contributed by atoms with Gasteiger partial charge in [-0.3, -0.25) is 4.79 Å². The van der Waals surface area contributed by atoms with E-state index in [0.717, 1.165) is 64.2 Å². The predicted molar refractivity (Wildman–Crippen MR) is 96.0 cm³/mol. The molecule has 0 saturated heterocycles. The highest BCUT2D eigenvalue weighted by atomic mass is 16.3. The fourth-order valence-corrected chi connectivity index (χ4v) is 2.74. The highest BCUT2D eigenvalue weighted by Gasteiger charge is 2.09. The zero-order chi connectivity index (χ0) is 17.2. The third-order valence-corrected chi connectivity index (χ3v) is 4.29. The number of aromatic nitrogens is 1. The summed E-state index contributed by atoms with van der Waals surface area (Å²) in [6, 6.07) is 1.58. The van der Waals surface area contributed by atoms with Crippen LogP contribution in [0.15, 0.2) is 17.1 Å². The van der Waals surface area contributed by atoms with Crippen LogP contribution in [0.1, 0.15) is 45.7 Å². The summed E-state index contributed by atoms with van der Waals surface area (Å²) in [6.07, 6.45) is 4.92. The Morgan fingerprint density at radius 2 is 1.83 bits per heavy atom. The molecule has 1 N–H and O–H groups in total. The molecule has 1 aromatic heterocycles. The number of aryl methyl sites for hydroxylation is 1. The van der Waals surface area contributed by atoms with Crippen LogP contribution >= 0.6 is 0 Å². The summed E-state index contributed by atoms with van der Waals surface area (Å²) >= 11 is 0. The van der Waals surface area contributed by atoms with Crippen molar-refractivity contribution in [2.45, 2.75) is 53.1 Å². The number of nitrogens with zero attached hydrogens (tertiary/aromatic N) is 3. The Hall–Kier alpha value is -1.33. The third-order valence-electron chi connectivity index (χ3n) is 4.29. The van der Waals surface area contributed by atoms with Crippen LogP contribution in [0.5, 0.6) is 5.75 Å². The first kappa shape index (κ1) is 19.7. The Morgan fingerprint density at radius 1 is 1.13 bits per heavy atom. The van der Waals surface area contributed by atoms with Gasteiger partial charge < -0.3 is 19.5 Å². The lowest BCUT2D eigenvalue weighted by Gasteiger charge is -2.22. The van der Waals surface area contributed by atoms with Gasteiger partial charge in [0, 0.05) is 24.8 Å². The lowest BCUT2D eigenvalue weighted by molar-refractivity contribution is 0.286. The second kappa shape index (κ2) is 10.4. The maximum Gasteiger partial charge on any atom is 0.223 e. The van der Waals surface area contributed by atoms with Gasteiger partial charge in [-0.1, -0.05) is 27.2 Å². The molecule has 132 valence electrons. The normalized spacial score (nSPS) is 11.6. The van der Waals surface area contributed by atoms with E-state index < -0.39 is 0 Å². The molecule has 1 heterocycles. The Kier molecular flexibility index (Phi) is 8.95. The van der Waals surface area contributed by atoms with E-state index in [1.807, 2.05) is 4.57 Å². The average molecular weight is 323 g/mol. The summed E-state index contributed by atoms with van der Waals surface area (Å²) in [7, 11) is 2.08. The van der Waals surface area contributed by atoms with Crippen LogP contribution < -0.4 is 5.43 Å². The fraction of sp³-hybridized carbons (Fsp3) is 0.722. The molecule has 5 heteroatoms. The summed E-state index contributed by atoms with van der Waals surface area (Å²) in [5.74, 6) is -0.159. The zero-order valence-electron chi connectivity index (χ0n) is 15.2. The van der Waals surface area contributed by atoms with Gasteiger partial charge in [0.25, 0.3) is 0 Å². The smallest absolute Gasteiger partial charge is 0.223 e. The van der Waals surface area contributed by atoms with Crippen molar-refractivity contribution in [3.63, 3.8) is 0 Å². The molecule has 5 nitrogen and oxygen atoms in total. The topological polar surface area (TPSA) is 48.7 Å². The molecule has 0 amide bonds. The maximum atomic E-state index is 11.8. The Labute approximate surface area is 140 Å². The van der Waals surface area contributed by atoms with Crippen molar-refractivity contribution in [2.75, 3.05) is 33.2 Å². The minimum Gasteiger partial charge on any atom is -0.503 e. The molecule has 0 aliphatic heterocycles. The van der Waals surface area contributed by atoms with Gasteiger partial charge in [-0.15, -0.1) is 0 Å². The molecular weight excluding hydrogens is 290 g/mol. The highest BCUT2D eigenvalue weighted by molar-refractivity contribution is 5.20. The molecule has 0 radical (unpaired) electrons. The van der Waals surface area contributed by atoms with Gasteiger partial charge in [-0.05, 0) is 46.1 Å². The molecule has 0 unspecified atom stereocenters. The van der Waals surface area contributed by atoms with Gasteiger partial charge in [0.15, 0.2) is 5.75 Å². The predicted octanol–water partition coefficient (Wildman–Crippen LogP) is 2.52. The second-order valence-corrected chi connectivity index (χ2v) is 6.18. The molecule has 0 atom stereocenters. The number of pyridine rings is 1. The summed E-state index contributed by atoms with van der Waals surface area (Å²) in [4.78, 5) is 16.4. The number of hydrogen-bond acceptors (Lipinski definition) is 4. The first-order chi connectivity index (χ1) is 11.0. The van der Waals surface area contributed by atoms with E-state index in [4.69, 9.17) is 0 Å². The SMILES string of the molecule is CCCCN(C)Cc1cc(=O)c(O)cn1CCCN(CC)CC. The Bertz CT molecular complexity index is 509. The highest BCUT2D eigenvalue weighted by Crippen LogP contribution is 2.09. The van der Waals surface area contributed by atoms with Crippen molar-refractivity contribution in [3.8, 4) is 5.75 Å². The quantitative estimate of drug-likeness (QED) is 0.680. The van der Waals surface area contributed by atoms with Gasteiger partial charge in [0.2, 0.25) is 5.43 Å². The van der Waals surface area contributed by atoms with Crippen molar-refractivity contribution in [1.29, 1.82) is 0 Å². The number of unbranched alkanes of at least 4 members (excludes halogenated alkanes) is 1. The van der Waals surface area contributed by atoms with E-state index in [0.29, 0.717) is 0 Å². The van der Waals surface area contributed by atoms with E-state index in [2.05, 4.69) is 37.6 Å². The molecule has 0 fully saturated rings. The van der Waals surface area contributed by atoms with Crippen molar-refractivity contribution in [2.24, 2.45) is 0 Å². The molecule has 23 heavy (non-hydrogen) atoms. The van der Waals surface area contributed by atoms with Gasteiger partial charge in [-0.25, -0.2) is 0 Å². The molecular formula is C18H33N3O2. The maximum absolute atomic E-state index is 11.8. The molecule has 0 saturated carbocycles. The van der Waals surface area contributed by atoms with Gasteiger partial charge >= 0.3 is 0 Å². The molecule has 0 spiro atoms. The summed E-state index contributed by atoms with van der Waals surface area (Å²) in [5, 5.41) is 9.74. The minimum absolute atomic E-state index is 0.159. The van der Waals surface area contributed by atoms with Crippen LogP contribution in [0.25, 0.3) is 0 Å². The Morgan fingerprint density at radius 3 is 2.43 bits per heavy atom. The van der Waals surface area contributed by atoms with Gasteiger partial charge in [0.05, 0.1) is 6.20 Å². The summed E-state index contributed by atoms with van der Waals surface area (Å²) in [6.45, 7) is 12.2. The van der Waals surface area contributed by atoms with Crippen LogP contribution in [-0.4, -0.2) is 52.7 Å². The van der Waals surface area contributed by atoms with E-state index in [1.165, 1.54) is 0 Å². The third kappa shape index (κ3) is 6.75. The molecule has 0 aliphatic rings. The fourth-order valence-electron chi connectivity index (χ4n) is 2.74. The minimum atomic E-state index is -0.288. The second-order valence-electron chi connectivity index (χ2n) is 6.18.